The number of anilines is 1. The number of piperidine rings is 1. The van der Waals surface area contributed by atoms with Gasteiger partial charge in [-0.1, -0.05) is 115 Å². The van der Waals surface area contributed by atoms with Crippen molar-refractivity contribution in [3.8, 4) is 17.2 Å². The van der Waals surface area contributed by atoms with Crippen LogP contribution in [-0.4, -0.2) is 114 Å². The first kappa shape index (κ1) is 65.5. The highest BCUT2D eigenvalue weighted by Crippen LogP contribution is 2.51. The predicted octanol–water partition coefficient (Wildman–Crippen LogP) is 12.7. The Kier molecular flexibility index (Phi) is 23.3. The Labute approximate surface area is 492 Å². The summed E-state index contributed by atoms with van der Waals surface area (Å²) in [5.74, 6) is 1.30. The number of epoxide rings is 1. The molecule has 5 unspecified atom stereocenters. The Balaban J connectivity index is 1.05. The topological polar surface area (TPSA) is 183 Å². The third-order valence-corrected chi connectivity index (χ3v) is 18.7. The van der Waals surface area contributed by atoms with Crippen molar-refractivity contribution in [3.63, 3.8) is 0 Å². The number of esters is 1. The molecule has 2 fully saturated rings. The molecule has 450 valence electrons. The number of thioether (sulfide) groups is 1. The van der Waals surface area contributed by atoms with Crippen molar-refractivity contribution in [1.29, 1.82) is 0 Å². The van der Waals surface area contributed by atoms with Gasteiger partial charge in [0, 0.05) is 46.2 Å². The number of hydrogen-bond donors (Lipinski definition) is 2. The maximum atomic E-state index is 14.4. The number of likely N-dealkylation sites (N-methyl/N-ethyl adjacent to an activating group) is 1. The Morgan fingerprint density at radius 1 is 0.963 bits per heavy atom. The minimum atomic E-state index is -1.74. The first-order valence-corrected chi connectivity index (χ1v) is 30.9. The molecule has 17 heteroatoms. The SMILES string of the molecule is COc1cc2cc(c1Cl)N(C)C(=O)CC(OC(=O)[C@H](C)N(C)C(=O)CCSC(=O)Oc1cc(C)c3c(c1)CC[C@@](C)(CCCC(C)CCCC(C)CCCC(C)C)O3)[C@]1(C)OC1[C@H](C)[C@H]1CC(=O)N[C@](O)(C1)C(OC)/C=C/C=C(\C)C2. The first-order valence-electron chi connectivity index (χ1n) is 29.5. The second kappa shape index (κ2) is 28.8. The lowest BCUT2D eigenvalue weighted by molar-refractivity contribution is -0.161. The molecule has 15 nitrogen and oxygen atoms in total. The van der Waals surface area contributed by atoms with E-state index in [0.717, 1.165) is 77.3 Å². The number of amides is 3. The molecular weight excluding hydrogens is 1070 g/mol. The van der Waals surface area contributed by atoms with Gasteiger partial charge in [-0.15, -0.1) is 0 Å². The van der Waals surface area contributed by atoms with Gasteiger partial charge in [-0.25, -0.2) is 9.59 Å². The van der Waals surface area contributed by atoms with E-state index >= 15 is 0 Å². The van der Waals surface area contributed by atoms with Gasteiger partial charge < -0.3 is 48.6 Å². The molecule has 4 aliphatic rings. The Morgan fingerprint density at radius 3 is 2.31 bits per heavy atom. The van der Waals surface area contributed by atoms with Crippen LogP contribution in [0.15, 0.2) is 48.1 Å². The number of nitrogens with zero attached hydrogens (tertiary/aromatic N) is 2. The second-order valence-corrected chi connectivity index (χ2v) is 26.3. The monoisotopic (exact) mass is 1160 g/mol. The molecule has 0 aromatic heterocycles. The van der Waals surface area contributed by atoms with Crippen LogP contribution in [0.2, 0.25) is 5.02 Å². The fourth-order valence-corrected chi connectivity index (χ4v) is 13.0. The fraction of sp³-hybridized carbons (Fsp3) is 0.672. The number of aliphatic hydroxyl groups is 1. The van der Waals surface area contributed by atoms with Gasteiger partial charge in [0.2, 0.25) is 17.7 Å². The molecule has 4 aliphatic heterocycles. The number of halogens is 1. The minimum absolute atomic E-state index is 0.0766. The minimum Gasteiger partial charge on any atom is -0.495 e. The van der Waals surface area contributed by atoms with Gasteiger partial charge in [-0.05, 0) is 149 Å². The van der Waals surface area contributed by atoms with Crippen molar-refractivity contribution in [2.45, 2.75) is 213 Å². The van der Waals surface area contributed by atoms with Crippen LogP contribution in [0.1, 0.15) is 169 Å². The van der Waals surface area contributed by atoms with Gasteiger partial charge in [0.15, 0.2) is 5.72 Å². The van der Waals surface area contributed by atoms with Crippen LogP contribution in [0, 0.1) is 36.5 Å². The van der Waals surface area contributed by atoms with E-state index in [9.17, 15) is 29.1 Å². The average molecular weight is 1160 g/mol. The quantitative estimate of drug-likeness (QED) is 0.0890. The zero-order chi connectivity index (χ0) is 59.6. The van der Waals surface area contributed by atoms with Gasteiger partial charge in [0.05, 0.1) is 25.3 Å². The third kappa shape index (κ3) is 17.5. The second-order valence-electron chi connectivity index (χ2n) is 24.9. The smallest absolute Gasteiger partial charge is 0.372 e. The lowest BCUT2D eigenvalue weighted by Gasteiger charge is -2.42. The largest absolute Gasteiger partial charge is 0.495 e. The molecule has 2 saturated heterocycles. The van der Waals surface area contributed by atoms with Crippen molar-refractivity contribution in [3.05, 3.63) is 69.8 Å². The highest BCUT2D eigenvalue weighted by Gasteiger charge is 2.64. The zero-order valence-electron chi connectivity index (χ0n) is 50.9. The number of carbonyl (C=O) groups is 5. The standard InChI is InChI=1S/C64H94ClN3O12S/c1-39(2)19-15-20-40(3)21-16-22-41(4)24-18-28-62(9)29-26-47-35-49(32-43(6)58(47)79-62)77-61(73)81-30-27-55(70)67(11)45(8)60(72)78-53-37-56(71)68(12)50-33-46(34-51(75-13)57(50)65)31-42(5)23-17-25-52(76-14)64(74)38-48(36-54(69)66-64)44(7)59-63(53,10)80-59/h17,23,25,32-35,39-41,44-45,48,52-53,59,74H,15-16,18-22,24,26-31,36-38H2,1-14H3,(H,66,69)/b25-17+,42-23+/t40?,41?,44-,45+,48+,52?,53?,59?,62-,63+,64+/m1/s1. The molecule has 3 amide bonds. The predicted molar refractivity (Wildman–Crippen MR) is 320 cm³/mol. The van der Waals surface area contributed by atoms with E-state index in [0.29, 0.717) is 29.5 Å². The van der Waals surface area contributed by atoms with Crippen LogP contribution in [-0.2, 0) is 46.2 Å². The highest BCUT2D eigenvalue weighted by atomic mass is 35.5. The lowest BCUT2D eigenvalue weighted by Crippen LogP contribution is -2.61. The van der Waals surface area contributed by atoms with Crippen molar-refractivity contribution < 1.29 is 57.5 Å². The van der Waals surface area contributed by atoms with Crippen LogP contribution >= 0.6 is 23.4 Å². The summed E-state index contributed by atoms with van der Waals surface area (Å²) < 4.78 is 36.5. The maximum absolute atomic E-state index is 14.4. The molecule has 2 aromatic carbocycles. The van der Waals surface area contributed by atoms with E-state index in [1.165, 1.54) is 82.9 Å². The number of aryl methyl sites for hydroxylation is 2. The number of fused-ring (bicyclic) bond motifs is 6. The lowest BCUT2D eigenvalue weighted by atomic mass is 9.75. The van der Waals surface area contributed by atoms with Gasteiger partial charge >= 0.3 is 11.3 Å². The molecule has 0 aliphatic carbocycles. The van der Waals surface area contributed by atoms with Gasteiger partial charge in [0.25, 0.3) is 0 Å². The summed E-state index contributed by atoms with van der Waals surface area (Å²) in [7, 11) is 6.04. The molecule has 11 atom stereocenters. The molecule has 4 bridgehead atoms. The van der Waals surface area contributed by atoms with Crippen LogP contribution < -0.4 is 24.4 Å². The summed E-state index contributed by atoms with van der Waals surface area (Å²) >= 11 is 7.74. The van der Waals surface area contributed by atoms with Crippen molar-refractivity contribution in [1.82, 2.24) is 10.2 Å². The average Bonchev–Trinajstić information content (AvgIpc) is 4.30. The Morgan fingerprint density at radius 2 is 1.64 bits per heavy atom. The van der Waals surface area contributed by atoms with Gasteiger partial charge in [-0.2, -0.15) is 0 Å². The normalized spacial score (nSPS) is 28.0. The van der Waals surface area contributed by atoms with E-state index in [4.69, 9.17) is 40.0 Å². The van der Waals surface area contributed by atoms with Gasteiger partial charge in [-0.3, -0.25) is 14.4 Å². The molecule has 0 spiro atoms. The van der Waals surface area contributed by atoms with Crippen molar-refractivity contribution in [2.75, 3.05) is 39.0 Å². The number of nitrogens with one attached hydrogen (secondary N) is 1. The van der Waals surface area contributed by atoms with Crippen LogP contribution in [0.3, 0.4) is 0 Å². The summed E-state index contributed by atoms with van der Waals surface area (Å²) in [6.45, 7) is 20.7. The van der Waals surface area contributed by atoms with Gasteiger partial charge in [0.1, 0.15) is 51.7 Å². The summed E-state index contributed by atoms with van der Waals surface area (Å²) in [4.78, 5) is 71.4. The van der Waals surface area contributed by atoms with E-state index in [1.807, 2.05) is 39.0 Å². The molecule has 0 radical (unpaired) electrons. The molecule has 81 heavy (non-hydrogen) atoms. The molecule has 2 aromatic rings. The number of ether oxygens (including phenoxy) is 6. The first-order chi connectivity index (χ1) is 38.2. The number of allylic oxidation sites excluding steroid dienone is 3. The fourth-order valence-electron chi connectivity index (χ4n) is 12.1. The maximum Gasteiger partial charge on any atom is 0.372 e. The number of rotatable bonds is 21. The number of hydrogen-bond acceptors (Lipinski definition) is 13. The van der Waals surface area contributed by atoms with Crippen molar-refractivity contribution in [2.24, 2.45) is 29.6 Å². The van der Waals surface area contributed by atoms with Crippen LogP contribution in [0.4, 0.5) is 10.5 Å². The van der Waals surface area contributed by atoms with E-state index in [1.54, 1.807) is 38.3 Å². The Bertz CT molecular complexity index is 2610. The molecule has 2 N–H and O–H groups in total. The van der Waals surface area contributed by atoms with Crippen LogP contribution in [0.5, 0.6) is 17.2 Å². The summed E-state index contributed by atoms with van der Waals surface area (Å²) in [5.41, 5.74) is 0.818. The van der Waals surface area contributed by atoms with E-state index in [2.05, 4.69) is 39.9 Å². The zero-order valence-corrected chi connectivity index (χ0v) is 52.4. The van der Waals surface area contributed by atoms with Crippen LogP contribution in [0.25, 0.3) is 0 Å². The van der Waals surface area contributed by atoms with Crippen molar-refractivity contribution >= 4 is 58.0 Å². The summed E-state index contributed by atoms with van der Waals surface area (Å²) in [6.07, 6.45) is 15.9. The third-order valence-electron chi connectivity index (χ3n) is 17.6. The van der Waals surface area contributed by atoms with E-state index in [-0.39, 0.29) is 59.8 Å². The molecule has 0 saturated carbocycles. The number of benzene rings is 2. The molecule has 4 heterocycles. The Hall–Kier alpha value is -4.61. The summed E-state index contributed by atoms with van der Waals surface area (Å²) in [6, 6.07) is 6.20. The highest BCUT2D eigenvalue weighted by molar-refractivity contribution is 8.13. The molecular formula is C64H94ClN3O12S. The molecule has 6 rings (SSSR count). The number of carbonyl (C=O) groups excluding carboxylic acids is 5. The summed E-state index contributed by atoms with van der Waals surface area (Å²) in [5, 5.41) is 14.4. The number of methoxy groups -OCH3 is 2. The van der Waals surface area contributed by atoms with E-state index < -0.39 is 58.8 Å².